The molecule has 0 saturated carbocycles. The highest BCUT2D eigenvalue weighted by Gasteiger charge is 2.18. The molecular formula is C12H17N5OS. The molecule has 19 heavy (non-hydrogen) atoms. The summed E-state index contributed by atoms with van der Waals surface area (Å²) >= 11 is 1.59. The minimum Gasteiger partial charge on any atom is -0.393 e. The number of nitrogens with two attached hydrogens (primary N) is 1. The van der Waals surface area contributed by atoms with Gasteiger partial charge in [0.15, 0.2) is 5.82 Å². The van der Waals surface area contributed by atoms with Crippen LogP contribution in [0.25, 0.3) is 10.2 Å². The normalized spacial score (nSPS) is 18.0. The summed E-state index contributed by atoms with van der Waals surface area (Å²) < 4.78 is 0. The molecular weight excluding hydrogens is 262 g/mol. The molecule has 0 bridgehead atoms. The van der Waals surface area contributed by atoms with Crippen LogP contribution in [0.2, 0.25) is 0 Å². The second kappa shape index (κ2) is 5.38. The summed E-state index contributed by atoms with van der Waals surface area (Å²) in [7, 11) is 0. The molecule has 0 aromatic carbocycles. The number of thiophene rings is 1. The predicted octanol–water partition coefficient (Wildman–Crippen LogP) is 0.934. The van der Waals surface area contributed by atoms with Crippen molar-refractivity contribution < 1.29 is 5.11 Å². The van der Waals surface area contributed by atoms with Crippen LogP contribution < -0.4 is 11.3 Å². The van der Waals surface area contributed by atoms with Crippen molar-refractivity contribution >= 4 is 27.4 Å². The molecule has 0 unspecified atom stereocenters. The van der Waals surface area contributed by atoms with Crippen LogP contribution in [0.1, 0.15) is 18.7 Å². The van der Waals surface area contributed by atoms with Gasteiger partial charge in [-0.1, -0.05) is 0 Å². The SMILES string of the molecule is NNc1nc(CN2CCC(O)CC2)nc2sccc12. The lowest BCUT2D eigenvalue weighted by Gasteiger charge is -2.28. The number of piperidine rings is 1. The second-order valence-corrected chi connectivity index (χ2v) is 5.67. The molecule has 0 amide bonds. The summed E-state index contributed by atoms with van der Waals surface area (Å²) in [4.78, 5) is 12.2. The van der Waals surface area contributed by atoms with Crippen molar-refractivity contribution in [1.82, 2.24) is 14.9 Å². The van der Waals surface area contributed by atoms with Crippen molar-refractivity contribution in [3.8, 4) is 0 Å². The highest BCUT2D eigenvalue weighted by Crippen LogP contribution is 2.25. The van der Waals surface area contributed by atoms with E-state index >= 15 is 0 Å². The molecule has 3 heterocycles. The van der Waals surface area contributed by atoms with Crippen molar-refractivity contribution in [2.75, 3.05) is 18.5 Å². The molecule has 1 fully saturated rings. The Morgan fingerprint density at radius 3 is 2.95 bits per heavy atom. The Balaban J connectivity index is 1.80. The number of rotatable bonds is 3. The topological polar surface area (TPSA) is 87.3 Å². The molecule has 1 saturated heterocycles. The first kappa shape index (κ1) is 12.7. The van der Waals surface area contributed by atoms with E-state index in [-0.39, 0.29) is 6.10 Å². The molecule has 3 rings (SSSR count). The van der Waals surface area contributed by atoms with Gasteiger partial charge in [-0.25, -0.2) is 15.8 Å². The van der Waals surface area contributed by atoms with Gasteiger partial charge in [-0.05, 0) is 24.3 Å². The van der Waals surface area contributed by atoms with Crippen LogP contribution in [-0.4, -0.2) is 39.2 Å². The smallest absolute Gasteiger partial charge is 0.152 e. The van der Waals surface area contributed by atoms with Gasteiger partial charge >= 0.3 is 0 Å². The minimum absolute atomic E-state index is 0.154. The third-order valence-corrected chi connectivity index (χ3v) is 4.24. The Bertz CT molecular complexity index is 564. The number of aliphatic hydroxyl groups is 1. The van der Waals surface area contributed by atoms with E-state index in [9.17, 15) is 5.11 Å². The zero-order valence-electron chi connectivity index (χ0n) is 10.5. The summed E-state index contributed by atoms with van der Waals surface area (Å²) in [6, 6.07) is 1.97. The molecule has 1 aliphatic heterocycles. The van der Waals surface area contributed by atoms with Crippen LogP contribution in [0.5, 0.6) is 0 Å². The molecule has 0 radical (unpaired) electrons. The first-order valence-electron chi connectivity index (χ1n) is 6.37. The lowest BCUT2D eigenvalue weighted by atomic mass is 10.1. The third kappa shape index (κ3) is 2.69. The number of aromatic nitrogens is 2. The molecule has 4 N–H and O–H groups in total. The summed E-state index contributed by atoms with van der Waals surface area (Å²) in [5, 5.41) is 12.5. The summed E-state index contributed by atoms with van der Waals surface area (Å²) in [5.41, 5.74) is 2.64. The van der Waals surface area contributed by atoms with Crippen LogP contribution in [0.4, 0.5) is 5.82 Å². The van der Waals surface area contributed by atoms with Crippen LogP contribution >= 0.6 is 11.3 Å². The number of fused-ring (bicyclic) bond motifs is 1. The lowest BCUT2D eigenvalue weighted by molar-refractivity contribution is 0.0781. The molecule has 0 atom stereocenters. The number of nitrogens with one attached hydrogen (secondary N) is 1. The average molecular weight is 279 g/mol. The van der Waals surface area contributed by atoms with Gasteiger partial charge in [0.1, 0.15) is 10.7 Å². The van der Waals surface area contributed by atoms with Crippen molar-refractivity contribution in [3.05, 3.63) is 17.3 Å². The number of nitrogen functional groups attached to an aromatic ring is 1. The fourth-order valence-corrected chi connectivity index (χ4v) is 3.14. The number of nitrogens with zero attached hydrogens (tertiary/aromatic N) is 3. The molecule has 0 spiro atoms. The molecule has 0 aliphatic carbocycles. The van der Waals surface area contributed by atoms with Crippen LogP contribution in [-0.2, 0) is 6.54 Å². The molecule has 1 aliphatic rings. The van der Waals surface area contributed by atoms with Crippen molar-refractivity contribution in [2.24, 2.45) is 5.84 Å². The minimum atomic E-state index is -0.154. The third-order valence-electron chi connectivity index (χ3n) is 3.43. The van der Waals surface area contributed by atoms with E-state index in [4.69, 9.17) is 5.84 Å². The van der Waals surface area contributed by atoms with E-state index < -0.39 is 0 Å². The Labute approximate surface area is 115 Å². The predicted molar refractivity (Wildman–Crippen MR) is 75.7 cm³/mol. The molecule has 102 valence electrons. The molecule has 2 aromatic rings. The zero-order valence-corrected chi connectivity index (χ0v) is 11.4. The van der Waals surface area contributed by atoms with Crippen molar-refractivity contribution in [2.45, 2.75) is 25.5 Å². The second-order valence-electron chi connectivity index (χ2n) is 4.78. The van der Waals surface area contributed by atoms with Crippen molar-refractivity contribution in [3.63, 3.8) is 0 Å². The van der Waals surface area contributed by atoms with E-state index in [0.717, 1.165) is 42.0 Å². The monoisotopic (exact) mass is 279 g/mol. The summed E-state index contributed by atoms with van der Waals surface area (Å²) in [6.07, 6.45) is 1.49. The van der Waals surface area contributed by atoms with E-state index in [2.05, 4.69) is 20.3 Å². The standard InChI is InChI=1S/C12H17N5OS/c13-16-11-9-3-6-19-12(9)15-10(14-11)7-17-4-1-8(18)2-5-17/h3,6,8,18H,1-2,4-5,7,13H2,(H,14,15,16). The average Bonchev–Trinajstić information content (AvgIpc) is 2.89. The highest BCUT2D eigenvalue weighted by atomic mass is 32.1. The van der Waals surface area contributed by atoms with Gasteiger partial charge in [0.25, 0.3) is 0 Å². The van der Waals surface area contributed by atoms with Crippen LogP contribution in [0.3, 0.4) is 0 Å². The molecule has 2 aromatic heterocycles. The number of anilines is 1. The number of hydrogen-bond acceptors (Lipinski definition) is 7. The number of hydrazine groups is 1. The van der Waals surface area contributed by atoms with Gasteiger partial charge in [-0.15, -0.1) is 11.3 Å². The summed E-state index contributed by atoms with van der Waals surface area (Å²) in [5.74, 6) is 6.97. The lowest BCUT2D eigenvalue weighted by Crippen LogP contribution is -2.35. The Hall–Kier alpha value is -1.28. The van der Waals surface area contributed by atoms with Crippen LogP contribution in [0.15, 0.2) is 11.4 Å². The Morgan fingerprint density at radius 2 is 2.21 bits per heavy atom. The van der Waals surface area contributed by atoms with E-state index in [1.807, 2.05) is 11.4 Å². The highest BCUT2D eigenvalue weighted by molar-refractivity contribution is 7.16. The number of aliphatic hydroxyl groups excluding tert-OH is 1. The molecule has 7 heteroatoms. The Morgan fingerprint density at radius 1 is 1.42 bits per heavy atom. The number of hydrogen-bond donors (Lipinski definition) is 3. The first-order chi connectivity index (χ1) is 9.26. The van der Waals surface area contributed by atoms with Gasteiger partial charge in [-0.2, -0.15) is 0 Å². The van der Waals surface area contributed by atoms with Crippen LogP contribution in [0, 0.1) is 0 Å². The van der Waals surface area contributed by atoms with Gasteiger partial charge in [0, 0.05) is 13.1 Å². The van der Waals surface area contributed by atoms with Crippen molar-refractivity contribution in [1.29, 1.82) is 0 Å². The van der Waals surface area contributed by atoms with Gasteiger partial charge in [0.2, 0.25) is 0 Å². The fraction of sp³-hybridized carbons (Fsp3) is 0.500. The maximum absolute atomic E-state index is 9.51. The maximum atomic E-state index is 9.51. The summed E-state index contributed by atoms with van der Waals surface area (Å²) in [6.45, 7) is 2.48. The number of likely N-dealkylation sites (tertiary alicyclic amines) is 1. The maximum Gasteiger partial charge on any atom is 0.152 e. The van der Waals surface area contributed by atoms with Gasteiger partial charge in [0.05, 0.1) is 18.0 Å². The first-order valence-corrected chi connectivity index (χ1v) is 7.25. The van der Waals surface area contributed by atoms with Gasteiger partial charge < -0.3 is 10.5 Å². The molecule has 6 nitrogen and oxygen atoms in total. The van der Waals surface area contributed by atoms with E-state index in [1.54, 1.807) is 11.3 Å². The van der Waals surface area contributed by atoms with E-state index in [1.165, 1.54) is 0 Å². The van der Waals surface area contributed by atoms with E-state index in [0.29, 0.717) is 12.4 Å². The Kier molecular flexibility index (Phi) is 3.61. The fourth-order valence-electron chi connectivity index (χ4n) is 2.36. The largest absolute Gasteiger partial charge is 0.393 e. The zero-order chi connectivity index (χ0) is 13.2. The quantitative estimate of drug-likeness (QED) is 0.572. The van der Waals surface area contributed by atoms with Gasteiger partial charge in [-0.3, -0.25) is 4.90 Å².